The van der Waals surface area contributed by atoms with Gasteiger partial charge in [-0.2, -0.15) is 0 Å². The van der Waals surface area contributed by atoms with Crippen molar-refractivity contribution in [2.45, 2.75) is 41.3 Å². The van der Waals surface area contributed by atoms with Gasteiger partial charge in [0.2, 0.25) is 0 Å². The molecule has 0 saturated carbocycles. The molecule has 6 aromatic carbocycles. The van der Waals surface area contributed by atoms with E-state index in [4.69, 9.17) is 18.9 Å². The number of carbonyl (C=O) groups excluding carboxylic acids is 2. The van der Waals surface area contributed by atoms with Crippen LogP contribution in [0.5, 0.6) is 11.5 Å². The Morgan fingerprint density at radius 3 is 1.19 bits per heavy atom. The molecule has 300 valence electrons. The highest BCUT2D eigenvalue weighted by Crippen LogP contribution is 2.34. The largest absolute Gasteiger partial charge is 0.490 e. The standard InChI is InChI=1S/C51H48O6S2/c1-51(2,41-25-29-43(30-26-41)54-35-45(37-58-47-19-11-5-12-20-47)56-49(52)33-23-39-15-7-3-8-16-39)42-27-31-44(32-28-42)55-36-46(38-59-48-21-13-6-14-22-48)57-50(53)34-24-40-17-9-4-10-18-40/h3-34,45-46H,35-38H2,1-2H3/b33-23+,34-24+. The highest BCUT2D eigenvalue weighted by molar-refractivity contribution is 7.99. The van der Waals surface area contributed by atoms with Gasteiger partial charge >= 0.3 is 11.9 Å². The Morgan fingerprint density at radius 1 is 0.492 bits per heavy atom. The zero-order chi connectivity index (χ0) is 41.1. The van der Waals surface area contributed by atoms with Crippen LogP contribution in [0, 0.1) is 0 Å². The number of thioether (sulfide) groups is 2. The van der Waals surface area contributed by atoms with Gasteiger partial charge in [0.15, 0.2) is 0 Å². The van der Waals surface area contributed by atoms with E-state index >= 15 is 0 Å². The van der Waals surface area contributed by atoms with E-state index in [1.807, 2.05) is 146 Å². The van der Waals surface area contributed by atoms with E-state index in [1.54, 1.807) is 35.7 Å². The molecule has 0 aliphatic heterocycles. The second kappa shape index (κ2) is 22.3. The molecule has 0 amide bonds. The lowest BCUT2D eigenvalue weighted by Crippen LogP contribution is -2.27. The van der Waals surface area contributed by atoms with Gasteiger partial charge in [0, 0.05) is 38.9 Å². The summed E-state index contributed by atoms with van der Waals surface area (Å²) in [4.78, 5) is 27.8. The molecule has 0 aliphatic rings. The van der Waals surface area contributed by atoms with Crippen LogP contribution in [0.25, 0.3) is 12.2 Å². The molecular weight excluding hydrogens is 773 g/mol. The second-order valence-corrected chi connectivity index (χ2v) is 16.3. The van der Waals surface area contributed by atoms with E-state index in [2.05, 4.69) is 38.1 Å². The third kappa shape index (κ3) is 14.1. The summed E-state index contributed by atoms with van der Waals surface area (Å²) in [5.74, 6) is 1.64. The maximum Gasteiger partial charge on any atom is 0.331 e. The number of esters is 2. The van der Waals surface area contributed by atoms with Crippen molar-refractivity contribution in [1.82, 2.24) is 0 Å². The van der Waals surface area contributed by atoms with Crippen molar-refractivity contribution in [3.8, 4) is 11.5 Å². The molecule has 0 aromatic heterocycles. The normalized spacial score (nSPS) is 12.5. The number of hydrogen-bond donors (Lipinski definition) is 0. The monoisotopic (exact) mass is 820 g/mol. The summed E-state index contributed by atoms with van der Waals surface area (Å²) in [6.45, 7) is 4.78. The average molecular weight is 821 g/mol. The third-order valence-corrected chi connectivity index (χ3v) is 11.7. The molecular formula is C51H48O6S2. The molecule has 2 unspecified atom stereocenters. The van der Waals surface area contributed by atoms with Gasteiger partial charge in [-0.3, -0.25) is 0 Å². The molecule has 0 bridgehead atoms. The highest BCUT2D eigenvalue weighted by Gasteiger charge is 2.24. The fourth-order valence-corrected chi connectivity index (χ4v) is 7.77. The van der Waals surface area contributed by atoms with Crippen LogP contribution in [0.2, 0.25) is 0 Å². The van der Waals surface area contributed by atoms with Gasteiger partial charge in [0.05, 0.1) is 0 Å². The zero-order valence-electron chi connectivity index (χ0n) is 33.2. The first kappa shape index (κ1) is 42.6. The Labute approximate surface area is 356 Å². The SMILES string of the molecule is CC(C)(c1ccc(OCC(CSc2ccccc2)OC(=O)/C=C/c2ccccc2)cc1)c1ccc(OCC(CSc2ccccc2)OC(=O)/C=C/c2ccccc2)cc1. The summed E-state index contributed by atoms with van der Waals surface area (Å²) in [6.07, 6.45) is 5.48. The summed E-state index contributed by atoms with van der Waals surface area (Å²) >= 11 is 3.24. The Balaban J connectivity index is 1.04. The first-order chi connectivity index (χ1) is 28.8. The molecule has 0 heterocycles. The second-order valence-electron chi connectivity index (χ2n) is 14.1. The van der Waals surface area contributed by atoms with Crippen LogP contribution < -0.4 is 9.47 Å². The van der Waals surface area contributed by atoms with Crippen LogP contribution in [0.4, 0.5) is 0 Å². The Morgan fingerprint density at radius 2 is 0.831 bits per heavy atom. The molecule has 2 atom stereocenters. The van der Waals surface area contributed by atoms with Gasteiger partial charge in [-0.05, 0) is 82.9 Å². The van der Waals surface area contributed by atoms with Crippen LogP contribution in [0.3, 0.4) is 0 Å². The van der Waals surface area contributed by atoms with Crippen LogP contribution >= 0.6 is 23.5 Å². The van der Waals surface area contributed by atoms with E-state index < -0.39 is 24.1 Å². The summed E-state index contributed by atoms with van der Waals surface area (Å²) in [7, 11) is 0. The topological polar surface area (TPSA) is 71.1 Å². The summed E-state index contributed by atoms with van der Waals surface area (Å²) in [5, 5.41) is 0. The minimum absolute atomic E-state index is 0.213. The first-order valence-corrected chi connectivity index (χ1v) is 21.5. The molecule has 0 saturated heterocycles. The fraction of sp³-hybridized carbons (Fsp3) is 0.176. The van der Waals surface area contributed by atoms with Gasteiger partial charge in [0.1, 0.15) is 36.9 Å². The van der Waals surface area contributed by atoms with Crippen LogP contribution in [0.15, 0.2) is 192 Å². The average Bonchev–Trinajstić information content (AvgIpc) is 3.28. The maximum absolute atomic E-state index is 12.8. The van der Waals surface area contributed by atoms with Crippen molar-refractivity contribution < 1.29 is 28.5 Å². The summed E-state index contributed by atoms with van der Waals surface area (Å²) in [6, 6.07) is 55.5. The van der Waals surface area contributed by atoms with E-state index in [9.17, 15) is 9.59 Å². The van der Waals surface area contributed by atoms with Crippen LogP contribution in [0.1, 0.15) is 36.1 Å². The van der Waals surface area contributed by atoms with Crippen molar-refractivity contribution >= 4 is 47.6 Å². The third-order valence-electron chi connectivity index (χ3n) is 9.37. The predicted molar refractivity (Wildman–Crippen MR) is 241 cm³/mol. The lowest BCUT2D eigenvalue weighted by atomic mass is 9.78. The smallest absolute Gasteiger partial charge is 0.331 e. The van der Waals surface area contributed by atoms with Crippen LogP contribution in [-0.2, 0) is 24.5 Å². The molecule has 0 aliphatic carbocycles. The van der Waals surface area contributed by atoms with Crippen molar-refractivity contribution in [3.05, 3.63) is 204 Å². The molecule has 0 N–H and O–H groups in total. The van der Waals surface area contributed by atoms with Crippen molar-refractivity contribution in [3.63, 3.8) is 0 Å². The fourth-order valence-electron chi connectivity index (χ4n) is 5.99. The molecule has 6 rings (SSSR count). The number of benzene rings is 6. The molecule has 0 spiro atoms. The molecule has 6 aromatic rings. The Kier molecular flexibility index (Phi) is 16.1. The molecule has 0 radical (unpaired) electrons. The number of ether oxygens (including phenoxy) is 4. The Bertz CT molecular complexity index is 2070. The Hall–Kier alpha value is -5.96. The van der Waals surface area contributed by atoms with Gasteiger partial charge in [-0.15, -0.1) is 23.5 Å². The molecule has 8 heteroatoms. The van der Waals surface area contributed by atoms with Crippen molar-refractivity contribution in [1.29, 1.82) is 0 Å². The zero-order valence-corrected chi connectivity index (χ0v) is 34.9. The number of carbonyl (C=O) groups is 2. The quantitative estimate of drug-likeness (QED) is 0.0428. The number of rotatable bonds is 20. The summed E-state index contributed by atoms with van der Waals surface area (Å²) in [5.41, 5.74) is 3.76. The van der Waals surface area contributed by atoms with Crippen LogP contribution in [-0.4, -0.2) is 48.9 Å². The van der Waals surface area contributed by atoms with E-state index in [1.165, 1.54) is 12.2 Å². The first-order valence-electron chi connectivity index (χ1n) is 19.5. The minimum Gasteiger partial charge on any atom is -0.490 e. The van der Waals surface area contributed by atoms with E-state index in [-0.39, 0.29) is 18.6 Å². The highest BCUT2D eigenvalue weighted by atomic mass is 32.2. The van der Waals surface area contributed by atoms with Crippen molar-refractivity contribution in [2.24, 2.45) is 0 Å². The van der Waals surface area contributed by atoms with Gasteiger partial charge in [-0.1, -0.05) is 135 Å². The lowest BCUT2D eigenvalue weighted by Gasteiger charge is -2.27. The lowest BCUT2D eigenvalue weighted by molar-refractivity contribution is -0.144. The minimum atomic E-state index is -0.466. The van der Waals surface area contributed by atoms with E-state index in [0.717, 1.165) is 32.0 Å². The molecule has 0 fully saturated rings. The van der Waals surface area contributed by atoms with Gasteiger partial charge in [0.25, 0.3) is 0 Å². The predicted octanol–water partition coefficient (Wildman–Crippen LogP) is 11.6. The molecule has 59 heavy (non-hydrogen) atoms. The van der Waals surface area contributed by atoms with Gasteiger partial charge < -0.3 is 18.9 Å². The molecule has 6 nitrogen and oxygen atoms in total. The maximum atomic E-state index is 12.8. The van der Waals surface area contributed by atoms with Crippen molar-refractivity contribution in [2.75, 3.05) is 24.7 Å². The van der Waals surface area contributed by atoms with Gasteiger partial charge in [-0.25, -0.2) is 9.59 Å². The summed E-state index contributed by atoms with van der Waals surface area (Å²) < 4.78 is 24.1. The van der Waals surface area contributed by atoms with E-state index in [0.29, 0.717) is 23.0 Å². The number of hydrogen-bond acceptors (Lipinski definition) is 8.